The Morgan fingerprint density at radius 3 is 2.14 bits per heavy atom. The molecule has 1 heterocycles. The number of amides is 1. The van der Waals surface area contributed by atoms with Gasteiger partial charge in [-0.15, -0.1) is 0 Å². The highest BCUT2D eigenvalue weighted by Gasteiger charge is 2.52. The van der Waals surface area contributed by atoms with Crippen molar-refractivity contribution < 1.29 is 14.3 Å². The Kier molecular flexibility index (Phi) is 5.24. The van der Waals surface area contributed by atoms with Crippen LogP contribution in [0.4, 0.5) is 0 Å². The summed E-state index contributed by atoms with van der Waals surface area (Å²) in [6.07, 6.45) is 2.24. The van der Waals surface area contributed by atoms with Gasteiger partial charge in [0, 0.05) is 39.9 Å². The minimum absolute atomic E-state index is 0.0545. The molecule has 0 aromatic carbocycles. The van der Waals surface area contributed by atoms with Gasteiger partial charge in [0.15, 0.2) is 0 Å². The summed E-state index contributed by atoms with van der Waals surface area (Å²) >= 11 is 0. The van der Waals surface area contributed by atoms with Crippen molar-refractivity contribution in [3.05, 3.63) is 0 Å². The molecule has 2 aliphatic rings. The summed E-state index contributed by atoms with van der Waals surface area (Å²) in [6, 6.07) is 0.220. The monoisotopic (exact) mass is 299 g/mol. The number of nitrogens with zero attached hydrogens (tertiary/aromatic N) is 1. The van der Waals surface area contributed by atoms with Crippen molar-refractivity contribution in [1.29, 1.82) is 0 Å². The molecule has 1 saturated carbocycles. The molecule has 2 rings (SSSR count). The summed E-state index contributed by atoms with van der Waals surface area (Å²) in [5, 5.41) is 3.45. The first-order valence-electron chi connectivity index (χ1n) is 7.78. The van der Waals surface area contributed by atoms with E-state index in [-0.39, 0.29) is 24.2 Å². The van der Waals surface area contributed by atoms with Crippen LogP contribution in [0.25, 0.3) is 0 Å². The zero-order valence-electron chi connectivity index (χ0n) is 13.6. The van der Waals surface area contributed by atoms with Crippen molar-refractivity contribution in [1.82, 2.24) is 10.2 Å². The van der Waals surface area contributed by atoms with Crippen LogP contribution in [0.1, 0.15) is 26.7 Å². The lowest BCUT2D eigenvalue weighted by atomic mass is 9.90. The van der Waals surface area contributed by atoms with Gasteiger partial charge in [0.2, 0.25) is 5.91 Å². The molecule has 21 heavy (non-hydrogen) atoms. The fourth-order valence-electron chi connectivity index (χ4n) is 3.49. The number of carbonyl (C=O) groups excluding carboxylic acids is 1. The van der Waals surface area contributed by atoms with Gasteiger partial charge in [0.05, 0.1) is 12.2 Å². The Bertz CT molecular complexity index is 361. The Morgan fingerprint density at radius 1 is 1.29 bits per heavy atom. The Labute approximate surface area is 127 Å². The number of primary amides is 1. The van der Waals surface area contributed by atoms with Crippen molar-refractivity contribution >= 4 is 5.91 Å². The van der Waals surface area contributed by atoms with Crippen LogP contribution in [0.3, 0.4) is 0 Å². The third kappa shape index (κ3) is 3.56. The van der Waals surface area contributed by atoms with Gasteiger partial charge in [0.1, 0.15) is 5.54 Å². The summed E-state index contributed by atoms with van der Waals surface area (Å²) in [5.74, 6) is 0.105. The number of carbonyl (C=O) groups is 1. The number of nitrogens with one attached hydrogen (secondary N) is 1. The van der Waals surface area contributed by atoms with E-state index in [4.69, 9.17) is 15.2 Å². The Morgan fingerprint density at radius 2 is 1.81 bits per heavy atom. The molecule has 1 aliphatic carbocycles. The molecule has 2 fully saturated rings. The lowest BCUT2D eigenvalue weighted by Gasteiger charge is -2.37. The van der Waals surface area contributed by atoms with E-state index < -0.39 is 5.54 Å². The lowest BCUT2D eigenvalue weighted by molar-refractivity contribution is -0.126. The average Bonchev–Trinajstić information content (AvgIpc) is 3.19. The highest BCUT2D eigenvalue weighted by atomic mass is 16.5. The van der Waals surface area contributed by atoms with Crippen molar-refractivity contribution in [2.75, 3.05) is 33.9 Å². The molecule has 122 valence electrons. The molecule has 6 nitrogen and oxygen atoms in total. The minimum Gasteiger partial charge on any atom is -0.377 e. The molecule has 0 bridgehead atoms. The smallest absolute Gasteiger partial charge is 0.239 e. The highest BCUT2D eigenvalue weighted by molar-refractivity contribution is 5.86. The van der Waals surface area contributed by atoms with Gasteiger partial charge in [-0.1, -0.05) is 0 Å². The maximum atomic E-state index is 12.2. The molecule has 3 atom stereocenters. The van der Waals surface area contributed by atoms with Crippen LogP contribution in [0.2, 0.25) is 0 Å². The predicted octanol–water partition coefficient (Wildman–Crippen LogP) is -0.0359. The summed E-state index contributed by atoms with van der Waals surface area (Å²) in [7, 11) is 3.41. The van der Waals surface area contributed by atoms with Crippen molar-refractivity contribution in [2.24, 2.45) is 11.7 Å². The van der Waals surface area contributed by atoms with E-state index in [1.54, 1.807) is 14.2 Å². The van der Waals surface area contributed by atoms with Gasteiger partial charge in [-0.25, -0.2) is 0 Å². The van der Waals surface area contributed by atoms with E-state index in [9.17, 15) is 4.79 Å². The topological polar surface area (TPSA) is 76.8 Å². The molecule has 3 unspecified atom stereocenters. The van der Waals surface area contributed by atoms with E-state index in [0.717, 1.165) is 25.9 Å². The zero-order valence-corrected chi connectivity index (χ0v) is 13.6. The molecule has 1 amide bonds. The van der Waals surface area contributed by atoms with Gasteiger partial charge in [-0.2, -0.15) is 0 Å². The van der Waals surface area contributed by atoms with Crippen LogP contribution in [-0.4, -0.2) is 68.4 Å². The SMILES string of the molecule is COC1CN(CC(NC(C)C)(C(N)=O)C2CC2)CC1OC. The standard InChI is InChI=1S/C15H29N3O3/c1-10(2)17-15(14(16)19,11-5-6-11)9-18-7-12(20-3)13(8-18)21-4/h10-13,17H,5-9H2,1-4H3,(H2,16,19). The number of hydrogen-bond donors (Lipinski definition) is 2. The van der Waals surface area contributed by atoms with Crippen molar-refractivity contribution in [3.8, 4) is 0 Å². The zero-order chi connectivity index (χ0) is 15.6. The normalized spacial score (nSPS) is 29.8. The first kappa shape index (κ1) is 16.7. The van der Waals surface area contributed by atoms with Crippen LogP contribution < -0.4 is 11.1 Å². The van der Waals surface area contributed by atoms with E-state index in [1.165, 1.54) is 0 Å². The molecule has 0 radical (unpaired) electrons. The summed E-state index contributed by atoms with van der Waals surface area (Å²) in [4.78, 5) is 14.4. The van der Waals surface area contributed by atoms with Crippen LogP contribution in [0, 0.1) is 5.92 Å². The third-order valence-corrected chi connectivity index (χ3v) is 4.63. The number of likely N-dealkylation sites (tertiary alicyclic amines) is 1. The Balaban J connectivity index is 2.10. The first-order valence-corrected chi connectivity index (χ1v) is 7.78. The molecule has 6 heteroatoms. The van der Waals surface area contributed by atoms with Crippen LogP contribution in [0.5, 0.6) is 0 Å². The number of nitrogens with two attached hydrogens (primary N) is 1. The van der Waals surface area contributed by atoms with Crippen molar-refractivity contribution in [2.45, 2.75) is 50.5 Å². The second-order valence-electron chi connectivity index (χ2n) is 6.65. The lowest BCUT2D eigenvalue weighted by Crippen LogP contribution is -2.64. The molecular weight excluding hydrogens is 270 g/mol. The average molecular weight is 299 g/mol. The number of methoxy groups -OCH3 is 2. The second kappa shape index (κ2) is 6.60. The quantitative estimate of drug-likeness (QED) is 0.658. The maximum absolute atomic E-state index is 12.2. The van der Waals surface area contributed by atoms with Gasteiger partial charge in [0.25, 0.3) is 0 Å². The molecule has 1 saturated heterocycles. The van der Waals surface area contributed by atoms with Gasteiger partial charge < -0.3 is 15.2 Å². The third-order valence-electron chi connectivity index (χ3n) is 4.63. The molecule has 0 spiro atoms. The van der Waals surface area contributed by atoms with E-state index in [2.05, 4.69) is 24.1 Å². The highest BCUT2D eigenvalue weighted by Crippen LogP contribution is 2.41. The molecule has 1 aliphatic heterocycles. The fraction of sp³-hybridized carbons (Fsp3) is 0.933. The van der Waals surface area contributed by atoms with Gasteiger partial charge >= 0.3 is 0 Å². The van der Waals surface area contributed by atoms with Crippen LogP contribution in [0.15, 0.2) is 0 Å². The number of ether oxygens (including phenoxy) is 2. The van der Waals surface area contributed by atoms with Crippen LogP contribution in [-0.2, 0) is 14.3 Å². The minimum atomic E-state index is -0.630. The van der Waals surface area contributed by atoms with E-state index in [1.807, 2.05) is 0 Å². The first-order chi connectivity index (χ1) is 9.92. The molecule has 3 N–H and O–H groups in total. The van der Waals surface area contributed by atoms with Gasteiger partial charge in [-0.3, -0.25) is 15.0 Å². The van der Waals surface area contributed by atoms with Crippen molar-refractivity contribution in [3.63, 3.8) is 0 Å². The molecule has 0 aromatic heterocycles. The summed E-state index contributed by atoms with van der Waals surface area (Å²) in [5.41, 5.74) is 5.15. The van der Waals surface area contributed by atoms with Gasteiger partial charge in [-0.05, 0) is 32.6 Å². The maximum Gasteiger partial charge on any atom is 0.239 e. The van der Waals surface area contributed by atoms with E-state index in [0.29, 0.717) is 12.5 Å². The second-order valence-corrected chi connectivity index (χ2v) is 6.65. The van der Waals surface area contributed by atoms with Crippen LogP contribution >= 0.6 is 0 Å². The largest absolute Gasteiger partial charge is 0.377 e. The summed E-state index contributed by atoms with van der Waals surface area (Å²) in [6.45, 7) is 6.29. The predicted molar refractivity (Wildman–Crippen MR) is 81.0 cm³/mol. The molecule has 0 aromatic rings. The Hall–Kier alpha value is -0.690. The number of rotatable bonds is 8. The summed E-state index contributed by atoms with van der Waals surface area (Å²) < 4.78 is 10.9. The fourth-order valence-corrected chi connectivity index (χ4v) is 3.49. The van der Waals surface area contributed by atoms with E-state index >= 15 is 0 Å². The molecular formula is C15H29N3O3. The number of hydrogen-bond acceptors (Lipinski definition) is 5.